The van der Waals surface area contributed by atoms with Crippen molar-refractivity contribution in [3.05, 3.63) is 37.0 Å². The molecular formula is C8H9NO. The van der Waals surface area contributed by atoms with Crippen LogP contribution in [0.25, 0.3) is 0 Å². The van der Waals surface area contributed by atoms with Crippen LogP contribution in [-0.2, 0) is 0 Å². The Hall–Kier alpha value is -1.44. The molecule has 0 aliphatic carbocycles. The number of nitrogens with one attached hydrogen (secondary N) is 1. The standard InChI is InChI=1S/C8H9NO/c1-2-9-7-5-3-4-6-8(7)10/h2-6,9-10H,1H2. The molecule has 2 heteroatoms. The maximum Gasteiger partial charge on any atom is 0.138 e. The molecule has 10 heavy (non-hydrogen) atoms. The van der Waals surface area contributed by atoms with Gasteiger partial charge in [-0.2, -0.15) is 0 Å². The molecule has 1 aromatic rings. The second kappa shape index (κ2) is 2.92. The number of hydrogen-bond donors (Lipinski definition) is 2. The molecule has 0 radical (unpaired) electrons. The summed E-state index contributed by atoms with van der Waals surface area (Å²) in [7, 11) is 0. The van der Waals surface area contributed by atoms with E-state index in [1.807, 2.05) is 6.07 Å². The SMILES string of the molecule is C=CNc1ccccc1O. The Morgan fingerprint density at radius 1 is 1.40 bits per heavy atom. The molecule has 2 nitrogen and oxygen atoms in total. The highest BCUT2D eigenvalue weighted by molar-refractivity contribution is 5.56. The molecule has 0 heterocycles. The average molecular weight is 135 g/mol. The maximum absolute atomic E-state index is 9.13. The normalized spacial score (nSPS) is 8.80. The van der Waals surface area contributed by atoms with Gasteiger partial charge in [-0.25, -0.2) is 0 Å². The van der Waals surface area contributed by atoms with E-state index in [-0.39, 0.29) is 5.75 Å². The lowest BCUT2D eigenvalue weighted by molar-refractivity contribution is 0.477. The van der Waals surface area contributed by atoms with Crippen LogP contribution in [0.5, 0.6) is 5.75 Å². The predicted octanol–water partition coefficient (Wildman–Crippen LogP) is 1.95. The van der Waals surface area contributed by atoms with Gasteiger partial charge in [0.05, 0.1) is 5.69 Å². The molecule has 0 atom stereocenters. The van der Waals surface area contributed by atoms with E-state index in [2.05, 4.69) is 11.9 Å². The van der Waals surface area contributed by atoms with Crippen LogP contribution in [0.15, 0.2) is 37.0 Å². The zero-order valence-corrected chi connectivity index (χ0v) is 5.54. The summed E-state index contributed by atoms with van der Waals surface area (Å²) in [5.41, 5.74) is 0.678. The number of hydrogen-bond acceptors (Lipinski definition) is 2. The first-order valence-corrected chi connectivity index (χ1v) is 3.00. The summed E-state index contributed by atoms with van der Waals surface area (Å²) in [6.07, 6.45) is 1.52. The van der Waals surface area contributed by atoms with Gasteiger partial charge in [0.25, 0.3) is 0 Å². The zero-order valence-electron chi connectivity index (χ0n) is 5.54. The van der Waals surface area contributed by atoms with Crippen LogP contribution in [0, 0.1) is 0 Å². The smallest absolute Gasteiger partial charge is 0.138 e. The van der Waals surface area contributed by atoms with Crippen LogP contribution in [-0.4, -0.2) is 5.11 Å². The zero-order chi connectivity index (χ0) is 7.40. The van der Waals surface area contributed by atoms with Gasteiger partial charge >= 0.3 is 0 Å². The van der Waals surface area contributed by atoms with E-state index in [0.29, 0.717) is 5.69 Å². The number of phenols is 1. The minimum atomic E-state index is 0.238. The van der Waals surface area contributed by atoms with E-state index >= 15 is 0 Å². The van der Waals surface area contributed by atoms with Crippen molar-refractivity contribution in [2.75, 3.05) is 5.32 Å². The third kappa shape index (κ3) is 1.29. The first-order chi connectivity index (χ1) is 4.84. The van der Waals surface area contributed by atoms with Crippen LogP contribution in [0.1, 0.15) is 0 Å². The van der Waals surface area contributed by atoms with Crippen molar-refractivity contribution in [2.24, 2.45) is 0 Å². The van der Waals surface area contributed by atoms with Gasteiger partial charge < -0.3 is 10.4 Å². The third-order valence-corrected chi connectivity index (χ3v) is 1.16. The summed E-state index contributed by atoms with van der Waals surface area (Å²) in [6.45, 7) is 3.47. The highest BCUT2D eigenvalue weighted by atomic mass is 16.3. The molecule has 0 unspecified atom stereocenters. The van der Waals surface area contributed by atoms with Crippen molar-refractivity contribution >= 4 is 5.69 Å². The Morgan fingerprint density at radius 2 is 2.10 bits per heavy atom. The molecule has 0 saturated carbocycles. The summed E-state index contributed by atoms with van der Waals surface area (Å²) in [5, 5.41) is 11.9. The molecule has 0 spiro atoms. The van der Waals surface area contributed by atoms with Gasteiger partial charge in [0.2, 0.25) is 0 Å². The van der Waals surface area contributed by atoms with Gasteiger partial charge in [-0.3, -0.25) is 0 Å². The number of rotatable bonds is 2. The van der Waals surface area contributed by atoms with Crippen LogP contribution >= 0.6 is 0 Å². The van der Waals surface area contributed by atoms with Gasteiger partial charge in [-0.1, -0.05) is 18.7 Å². The Bertz CT molecular complexity index is 232. The fourth-order valence-electron chi connectivity index (χ4n) is 0.706. The highest BCUT2D eigenvalue weighted by Gasteiger charge is 1.92. The molecule has 0 bridgehead atoms. The lowest BCUT2D eigenvalue weighted by atomic mass is 10.3. The van der Waals surface area contributed by atoms with E-state index in [9.17, 15) is 0 Å². The topological polar surface area (TPSA) is 32.3 Å². The van der Waals surface area contributed by atoms with Crippen molar-refractivity contribution in [1.29, 1.82) is 0 Å². The van der Waals surface area contributed by atoms with Gasteiger partial charge in [-0.15, -0.1) is 0 Å². The highest BCUT2D eigenvalue weighted by Crippen LogP contribution is 2.20. The number of phenolic OH excluding ortho intramolecular Hbond substituents is 1. The van der Waals surface area contributed by atoms with Crippen LogP contribution in [0.3, 0.4) is 0 Å². The van der Waals surface area contributed by atoms with E-state index in [0.717, 1.165) is 0 Å². The summed E-state index contributed by atoms with van der Waals surface area (Å²) in [6, 6.07) is 7.00. The minimum absolute atomic E-state index is 0.238. The molecule has 0 saturated heterocycles. The predicted molar refractivity (Wildman–Crippen MR) is 41.9 cm³/mol. The lowest BCUT2D eigenvalue weighted by Gasteiger charge is -2.00. The summed E-state index contributed by atoms with van der Waals surface area (Å²) in [4.78, 5) is 0. The first-order valence-electron chi connectivity index (χ1n) is 3.00. The Labute approximate surface area is 59.8 Å². The van der Waals surface area contributed by atoms with Crippen molar-refractivity contribution in [1.82, 2.24) is 0 Å². The van der Waals surface area contributed by atoms with Gasteiger partial charge in [-0.05, 0) is 18.3 Å². The van der Waals surface area contributed by atoms with Crippen molar-refractivity contribution in [3.8, 4) is 5.75 Å². The second-order valence-corrected chi connectivity index (χ2v) is 1.87. The fourth-order valence-corrected chi connectivity index (χ4v) is 0.706. The molecular weight excluding hydrogens is 126 g/mol. The molecule has 0 fully saturated rings. The van der Waals surface area contributed by atoms with Crippen molar-refractivity contribution < 1.29 is 5.11 Å². The van der Waals surface area contributed by atoms with Gasteiger partial charge in [0.15, 0.2) is 0 Å². The van der Waals surface area contributed by atoms with E-state index in [1.54, 1.807) is 18.2 Å². The number of aromatic hydroxyl groups is 1. The van der Waals surface area contributed by atoms with E-state index in [1.165, 1.54) is 6.20 Å². The van der Waals surface area contributed by atoms with Crippen LogP contribution in [0.2, 0.25) is 0 Å². The lowest BCUT2D eigenvalue weighted by Crippen LogP contribution is -1.84. The molecule has 0 aromatic heterocycles. The fraction of sp³-hybridized carbons (Fsp3) is 0. The first kappa shape index (κ1) is 6.68. The van der Waals surface area contributed by atoms with Gasteiger partial charge in [0.1, 0.15) is 5.75 Å². The average Bonchev–Trinajstić information content (AvgIpc) is 1.94. The summed E-state index contributed by atoms with van der Waals surface area (Å²) < 4.78 is 0. The molecule has 0 aliphatic heterocycles. The molecule has 1 aromatic carbocycles. The number of anilines is 1. The number of benzene rings is 1. The Balaban J connectivity index is 2.91. The van der Waals surface area contributed by atoms with Crippen LogP contribution in [0.4, 0.5) is 5.69 Å². The largest absolute Gasteiger partial charge is 0.506 e. The maximum atomic E-state index is 9.13. The molecule has 52 valence electrons. The summed E-state index contributed by atoms with van der Waals surface area (Å²) >= 11 is 0. The van der Waals surface area contributed by atoms with E-state index < -0.39 is 0 Å². The monoisotopic (exact) mass is 135 g/mol. The molecule has 1 rings (SSSR count). The van der Waals surface area contributed by atoms with Crippen LogP contribution < -0.4 is 5.32 Å². The van der Waals surface area contributed by atoms with Crippen molar-refractivity contribution in [3.63, 3.8) is 0 Å². The summed E-state index contributed by atoms with van der Waals surface area (Å²) in [5.74, 6) is 0.238. The molecule has 0 amide bonds. The van der Waals surface area contributed by atoms with Gasteiger partial charge in [0, 0.05) is 0 Å². The van der Waals surface area contributed by atoms with Crippen molar-refractivity contribution in [2.45, 2.75) is 0 Å². The second-order valence-electron chi connectivity index (χ2n) is 1.87. The Kier molecular flexibility index (Phi) is 1.95. The number of para-hydroxylation sites is 2. The Morgan fingerprint density at radius 3 is 2.70 bits per heavy atom. The van der Waals surface area contributed by atoms with E-state index in [4.69, 9.17) is 5.11 Å². The molecule has 0 aliphatic rings. The minimum Gasteiger partial charge on any atom is -0.506 e. The third-order valence-electron chi connectivity index (χ3n) is 1.16. The molecule has 2 N–H and O–H groups in total. The quantitative estimate of drug-likeness (QED) is 0.607.